The Morgan fingerprint density at radius 2 is 2.25 bits per heavy atom. The van der Waals surface area contributed by atoms with Gasteiger partial charge < -0.3 is 11.1 Å². The fraction of sp³-hybridized carbons (Fsp3) is 0.308. The Morgan fingerprint density at radius 3 is 2.81 bits per heavy atom. The molecule has 0 aromatic heterocycles. The Balaban J connectivity index is 2.76. The van der Waals surface area contributed by atoms with Gasteiger partial charge in [-0.25, -0.2) is 0 Å². The van der Waals surface area contributed by atoms with E-state index in [1.54, 1.807) is 12.1 Å². The van der Waals surface area contributed by atoms with Crippen molar-refractivity contribution in [3.63, 3.8) is 0 Å². The Hall–Kier alpha value is -1.77. The monoisotopic (exact) mass is 218 g/mol. The van der Waals surface area contributed by atoms with Crippen molar-refractivity contribution in [2.75, 3.05) is 5.73 Å². The van der Waals surface area contributed by atoms with Gasteiger partial charge in [0, 0.05) is 17.3 Å². The van der Waals surface area contributed by atoms with E-state index >= 15 is 0 Å². The Kier molecular flexibility index (Phi) is 4.11. The summed E-state index contributed by atoms with van der Waals surface area (Å²) in [6, 6.07) is 5.44. The summed E-state index contributed by atoms with van der Waals surface area (Å²) in [5, 5.41) is 2.89. The molecule has 0 saturated carbocycles. The van der Waals surface area contributed by atoms with Gasteiger partial charge in [0.05, 0.1) is 0 Å². The zero-order valence-corrected chi connectivity index (χ0v) is 9.79. The van der Waals surface area contributed by atoms with E-state index in [-0.39, 0.29) is 11.9 Å². The fourth-order valence-corrected chi connectivity index (χ4v) is 1.56. The van der Waals surface area contributed by atoms with E-state index in [9.17, 15) is 4.79 Å². The zero-order valence-electron chi connectivity index (χ0n) is 9.79. The Labute approximate surface area is 96.3 Å². The second-order valence-corrected chi connectivity index (χ2v) is 4.03. The SMILES string of the molecule is C=CCC(C)NC(=O)c1cc(C)cc(N)c1. The molecule has 0 bridgehead atoms. The van der Waals surface area contributed by atoms with Crippen LogP contribution in [0.5, 0.6) is 0 Å². The molecule has 1 unspecified atom stereocenters. The maximum Gasteiger partial charge on any atom is 0.251 e. The van der Waals surface area contributed by atoms with E-state index in [1.165, 1.54) is 0 Å². The van der Waals surface area contributed by atoms with Gasteiger partial charge in [-0.2, -0.15) is 0 Å². The third kappa shape index (κ3) is 3.42. The van der Waals surface area contributed by atoms with Gasteiger partial charge in [-0.3, -0.25) is 4.79 Å². The van der Waals surface area contributed by atoms with Crippen LogP contribution in [0.2, 0.25) is 0 Å². The van der Waals surface area contributed by atoms with Crippen LogP contribution < -0.4 is 11.1 Å². The molecule has 0 fully saturated rings. The van der Waals surface area contributed by atoms with Crippen molar-refractivity contribution in [2.24, 2.45) is 0 Å². The summed E-state index contributed by atoms with van der Waals surface area (Å²) in [4.78, 5) is 11.8. The molecule has 3 nitrogen and oxygen atoms in total. The van der Waals surface area contributed by atoms with Gasteiger partial charge in [0.2, 0.25) is 0 Å². The summed E-state index contributed by atoms with van der Waals surface area (Å²) >= 11 is 0. The number of aryl methyl sites for hydroxylation is 1. The van der Waals surface area contributed by atoms with Gasteiger partial charge in [0.1, 0.15) is 0 Å². The fourth-order valence-electron chi connectivity index (χ4n) is 1.56. The van der Waals surface area contributed by atoms with Crippen LogP contribution in [0.15, 0.2) is 30.9 Å². The quantitative estimate of drug-likeness (QED) is 0.601. The molecular formula is C13H18N2O. The van der Waals surface area contributed by atoms with E-state index in [0.717, 1.165) is 12.0 Å². The molecule has 1 rings (SSSR count). The lowest BCUT2D eigenvalue weighted by molar-refractivity contribution is 0.0940. The highest BCUT2D eigenvalue weighted by molar-refractivity contribution is 5.95. The number of benzene rings is 1. The van der Waals surface area contributed by atoms with Crippen LogP contribution >= 0.6 is 0 Å². The van der Waals surface area contributed by atoms with Crippen LogP contribution in [0.3, 0.4) is 0 Å². The first-order valence-electron chi connectivity index (χ1n) is 5.32. The van der Waals surface area contributed by atoms with Gasteiger partial charge in [-0.05, 0) is 44.0 Å². The van der Waals surface area contributed by atoms with E-state index in [0.29, 0.717) is 11.3 Å². The van der Waals surface area contributed by atoms with Gasteiger partial charge >= 0.3 is 0 Å². The van der Waals surface area contributed by atoms with Crippen molar-refractivity contribution in [3.05, 3.63) is 42.0 Å². The number of nitrogens with one attached hydrogen (secondary N) is 1. The highest BCUT2D eigenvalue weighted by Crippen LogP contribution is 2.11. The number of nitrogens with two attached hydrogens (primary N) is 1. The van der Waals surface area contributed by atoms with Crippen molar-refractivity contribution < 1.29 is 4.79 Å². The number of amides is 1. The minimum absolute atomic E-state index is 0.0896. The highest BCUT2D eigenvalue weighted by Gasteiger charge is 2.09. The van der Waals surface area contributed by atoms with E-state index in [4.69, 9.17) is 5.73 Å². The molecule has 16 heavy (non-hydrogen) atoms. The van der Waals surface area contributed by atoms with Gasteiger partial charge in [-0.1, -0.05) is 6.08 Å². The molecule has 0 aliphatic rings. The number of rotatable bonds is 4. The number of anilines is 1. The standard InChI is InChI=1S/C13H18N2O/c1-4-5-10(3)15-13(16)11-6-9(2)7-12(14)8-11/h4,6-8,10H,1,5,14H2,2-3H3,(H,15,16). The molecule has 0 radical (unpaired) electrons. The lowest BCUT2D eigenvalue weighted by Gasteiger charge is -2.12. The van der Waals surface area contributed by atoms with E-state index in [2.05, 4.69) is 11.9 Å². The molecule has 1 aromatic rings. The number of hydrogen-bond acceptors (Lipinski definition) is 2. The smallest absolute Gasteiger partial charge is 0.251 e. The summed E-state index contributed by atoms with van der Waals surface area (Å²) in [6.07, 6.45) is 2.54. The summed E-state index contributed by atoms with van der Waals surface area (Å²) in [5.74, 6) is -0.0928. The van der Waals surface area contributed by atoms with Crippen molar-refractivity contribution in [2.45, 2.75) is 26.3 Å². The van der Waals surface area contributed by atoms with Gasteiger partial charge in [-0.15, -0.1) is 6.58 Å². The molecule has 0 aliphatic carbocycles. The maximum atomic E-state index is 11.8. The molecule has 0 saturated heterocycles. The summed E-state index contributed by atoms with van der Waals surface area (Å²) in [7, 11) is 0. The molecule has 0 spiro atoms. The number of carbonyl (C=O) groups excluding carboxylic acids is 1. The minimum Gasteiger partial charge on any atom is -0.399 e. The average Bonchev–Trinajstić information content (AvgIpc) is 2.16. The van der Waals surface area contributed by atoms with E-state index < -0.39 is 0 Å². The molecule has 3 N–H and O–H groups in total. The minimum atomic E-state index is -0.0928. The largest absolute Gasteiger partial charge is 0.399 e. The van der Waals surface area contributed by atoms with Crippen LogP contribution in [0.25, 0.3) is 0 Å². The first-order chi connectivity index (χ1) is 7.52. The van der Waals surface area contributed by atoms with Crippen molar-refractivity contribution in [3.8, 4) is 0 Å². The molecule has 0 heterocycles. The lowest BCUT2D eigenvalue weighted by Crippen LogP contribution is -2.32. The zero-order chi connectivity index (χ0) is 12.1. The third-order valence-corrected chi connectivity index (χ3v) is 2.26. The molecule has 0 aliphatic heterocycles. The van der Waals surface area contributed by atoms with Gasteiger partial charge in [0.25, 0.3) is 5.91 Å². The number of nitrogen functional groups attached to an aromatic ring is 1. The van der Waals surface area contributed by atoms with Crippen molar-refractivity contribution >= 4 is 11.6 Å². The summed E-state index contributed by atoms with van der Waals surface area (Å²) in [5.41, 5.74) is 7.90. The first-order valence-corrected chi connectivity index (χ1v) is 5.32. The number of carbonyl (C=O) groups is 1. The third-order valence-electron chi connectivity index (χ3n) is 2.26. The Morgan fingerprint density at radius 1 is 1.56 bits per heavy atom. The van der Waals surface area contributed by atoms with Crippen LogP contribution in [0.4, 0.5) is 5.69 Å². The molecular weight excluding hydrogens is 200 g/mol. The first kappa shape index (κ1) is 12.3. The average molecular weight is 218 g/mol. The molecule has 86 valence electrons. The van der Waals surface area contributed by atoms with Gasteiger partial charge in [0.15, 0.2) is 0 Å². The predicted octanol–water partition coefficient (Wildman–Crippen LogP) is 2.27. The van der Waals surface area contributed by atoms with Crippen LogP contribution in [0.1, 0.15) is 29.3 Å². The van der Waals surface area contributed by atoms with Crippen LogP contribution in [-0.2, 0) is 0 Å². The summed E-state index contributed by atoms with van der Waals surface area (Å²) in [6.45, 7) is 7.50. The normalized spacial score (nSPS) is 11.9. The Bertz CT molecular complexity index is 379. The topological polar surface area (TPSA) is 55.1 Å². The summed E-state index contributed by atoms with van der Waals surface area (Å²) < 4.78 is 0. The lowest BCUT2D eigenvalue weighted by atomic mass is 10.1. The molecule has 1 aromatic carbocycles. The predicted molar refractivity (Wildman–Crippen MR) is 67.3 cm³/mol. The second kappa shape index (κ2) is 5.35. The highest BCUT2D eigenvalue weighted by atomic mass is 16.1. The molecule has 3 heteroatoms. The van der Waals surface area contributed by atoms with Crippen LogP contribution in [0, 0.1) is 6.92 Å². The van der Waals surface area contributed by atoms with E-state index in [1.807, 2.05) is 26.0 Å². The van der Waals surface area contributed by atoms with Crippen molar-refractivity contribution in [1.82, 2.24) is 5.32 Å². The molecule has 1 atom stereocenters. The number of hydrogen-bond donors (Lipinski definition) is 2. The van der Waals surface area contributed by atoms with Crippen LogP contribution in [-0.4, -0.2) is 11.9 Å². The van der Waals surface area contributed by atoms with Crippen molar-refractivity contribution in [1.29, 1.82) is 0 Å². The second-order valence-electron chi connectivity index (χ2n) is 4.03. The maximum absolute atomic E-state index is 11.8. The molecule has 1 amide bonds.